The maximum absolute atomic E-state index is 8.38. The second-order valence-electron chi connectivity index (χ2n) is 3.83. The quantitative estimate of drug-likeness (QED) is 0.335. The predicted molar refractivity (Wildman–Crippen MR) is 59.0 cm³/mol. The van der Waals surface area contributed by atoms with Crippen molar-refractivity contribution in [3.05, 3.63) is 18.2 Å². The summed E-state index contributed by atoms with van der Waals surface area (Å²) in [6.07, 6.45) is 5.22. The molecule has 0 aliphatic heterocycles. The van der Waals surface area contributed by atoms with Crippen molar-refractivity contribution in [1.29, 1.82) is 0 Å². The highest BCUT2D eigenvalue weighted by Crippen LogP contribution is 2.12. The smallest absolute Gasteiger partial charge is 0.139 e. The first kappa shape index (κ1) is 11.6. The average molecular weight is 210 g/mol. The van der Waals surface area contributed by atoms with Crippen LogP contribution < -0.4 is 5.73 Å². The summed E-state index contributed by atoms with van der Waals surface area (Å²) >= 11 is 0. The minimum atomic E-state index is 0.279. The molecule has 0 spiro atoms. The van der Waals surface area contributed by atoms with Crippen LogP contribution in [0.3, 0.4) is 0 Å². The molecular weight excluding hydrogens is 192 g/mol. The Balaban J connectivity index is 2.47. The standard InChI is InChI=1S/C10H18N4O/c1-8(2)10-12-5-7-14(10)6-3-4-9(11)13-15/h5,7-8,15H,3-4,6H2,1-2H3,(H2,11,13). The third-order valence-electron chi connectivity index (χ3n) is 2.22. The summed E-state index contributed by atoms with van der Waals surface area (Å²) in [5.41, 5.74) is 5.39. The molecule has 1 aromatic rings. The monoisotopic (exact) mass is 210 g/mol. The van der Waals surface area contributed by atoms with Crippen molar-refractivity contribution >= 4 is 5.84 Å². The fourth-order valence-corrected chi connectivity index (χ4v) is 1.49. The SMILES string of the molecule is CC(C)c1nccn1CCC/C(N)=N/O. The normalized spacial score (nSPS) is 12.3. The van der Waals surface area contributed by atoms with Gasteiger partial charge in [0.15, 0.2) is 0 Å². The van der Waals surface area contributed by atoms with Gasteiger partial charge in [-0.3, -0.25) is 0 Å². The lowest BCUT2D eigenvalue weighted by Crippen LogP contribution is -2.13. The van der Waals surface area contributed by atoms with Crippen LogP contribution >= 0.6 is 0 Å². The maximum Gasteiger partial charge on any atom is 0.139 e. The van der Waals surface area contributed by atoms with E-state index in [2.05, 4.69) is 28.6 Å². The molecule has 15 heavy (non-hydrogen) atoms. The molecule has 0 atom stereocenters. The second kappa shape index (κ2) is 5.38. The molecule has 0 saturated carbocycles. The minimum absolute atomic E-state index is 0.279. The first-order valence-corrected chi connectivity index (χ1v) is 5.12. The van der Waals surface area contributed by atoms with Crippen LogP contribution in [0.2, 0.25) is 0 Å². The molecule has 0 fully saturated rings. The Bertz CT molecular complexity index is 330. The lowest BCUT2D eigenvalue weighted by molar-refractivity contribution is 0.316. The van der Waals surface area contributed by atoms with Gasteiger partial charge in [-0.05, 0) is 6.42 Å². The van der Waals surface area contributed by atoms with Crippen molar-refractivity contribution in [3.63, 3.8) is 0 Å². The maximum atomic E-state index is 8.38. The molecule has 84 valence electrons. The van der Waals surface area contributed by atoms with E-state index in [1.165, 1.54) is 0 Å². The molecule has 0 amide bonds. The Labute approximate surface area is 89.6 Å². The lowest BCUT2D eigenvalue weighted by Gasteiger charge is -2.09. The third kappa shape index (κ3) is 3.27. The molecule has 0 saturated heterocycles. The number of oxime groups is 1. The fraction of sp³-hybridized carbons (Fsp3) is 0.600. The number of aromatic nitrogens is 2. The molecule has 1 rings (SSSR count). The number of nitrogens with two attached hydrogens (primary N) is 1. The molecule has 0 radical (unpaired) electrons. The van der Waals surface area contributed by atoms with Gasteiger partial charge in [-0.2, -0.15) is 0 Å². The molecular formula is C10H18N4O. The highest BCUT2D eigenvalue weighted by atomic mass is 16.4. The number of hydrogen-bond donors (Lipinski definition) is 2. The van der Waals surface area contributed by atoms with E-state index in [0.29, 0.717) is 12.3 Å². The van der Waals surface area contributed by atoms with E-state index in [0.717, 1.165) is 18.8 Å². The van der Waals surface area contributed by atoms with Gasteiger partial charge in [0.2, 0.25) is 0 Å². The van der Waals surface area contributed by atoms with Crippen LogP contribution in [0.5, 0.6) is 0 Å². The summed E-state index contributed by atoms with van der Waals surface area (Å²) in [7, 11) is 0. The van der Waals surface area contributed by atoms with Crippen molar-refractivity contribution in [1.82, 2.24) is 9.55 Å². The van der Waals surface area contributed by atoms with Crippen molar-refractivity contribution < 1.29 is 5.21 Å². The zero-order chi connectivity index (χ0) is 11.3. The molecule has 0 unspecified atom stereocenters. The van der Waals surface area contributed by atoms with Crippen LogP contribution in [-0.4, -0.2) is 20.6 Å². The Morgan fingerprint density at radius 2 is 2.40 bits per heavy atom. The Morgan fingerprint density at radius 3 is 3.00 bits per heavy atom. The summed E-state index contributed by atoms with van der Waals surface area (Å²) in [5, 5.41) is 11.3. The van der Waals surface area contributed by atoms with Crippen LogP contribution in [0, 0.1) is 0 Å². The van der Waals surface area contributed by atoms with Gasteiger partial charge >= 0.3 is 0 Å². The lowest BCUT2D eigenvalue weighted by atomic mass is 10.2. The van der Waals surface area contributed by atoms with Gasteiger partial charge < -0.3 is 15.5 Å². The summed E-state index contributed by atoms with van der Waals surface area (Å²) in [6.45, 7) is 5.08. The first-order valence-electron chi connectivity index (χ1n) is 5.12. The number of aryl methyl sites for hydroxylation is 1. The highest BCUT2D eigenvalue weighted by molar-refractivity contribution is 5.79. The van der Waals surface area contributed by atoms with Crippen LogP contribution in [0.15, 0.2) is 17.5 Å². The van der Waals surface area contributed by atoms with Crippen molar-refractivity contribution in [2.75, 3.05) is 0 Å². The van der Waals surface area contributed by atoms with Gasteiger partial charge in [0.1, 0.15) is 11.7 Å². The zero-order valence-electron chi connectivity index (χ0n) is 9.22. The largest absolute Gasteiger partial charge is 0.409 e. The van der Waals surface area contributed by atoms with Gasteiger partial charge in [0.05, 0.1) is 0 Å². The van der Waals surface area contributed by atoms with Gasteiger partial charge in [0, 0.05) is 31.3 Å². The van der Waals surface area contributed by atoms with Gasteiger partial charge in [-0.25, -0.2) is 4.98 Å². The van der Waals surface area contributed by atoms with Crippen molar-refractivity contribution in [2.24, 2.45) is 10.9 Å². The van der Waals surface area contributed by atoms with E-state index in [-0.39, 0.29) is 5.84 Å². The molecule has 1 aromatic heterocycles. The Kier molecular flexibility index (Phi) is 4.15. The number of imidazole rings is 1. The van der Waals surface area contributed by atoms with Crippen LogP contribution in [0.1, 0.15) is 38.4 Å². The van der Waals surface area contributed by atoms with Crippen LogP contribution in [0.4, 0.5) is 0 Å². The minimum Gasteiger partial charge on any atom is -0.409 e. The van der Waals surface area contributed by atoms with Crippen molar-refractivity contribution in [2.45, 2.75) is 39.2 Å². The molecule has 0 bridgehead atoms. The first-order chi connectivity index (χ1) is 7.15. The van der Waals surface area contributed by atoms with E-state index in [1.807, 2.05) is 6.20 Å². The zero-order valence-corrected chi connectivity index (χ0v) is 9.22. The Morgan fingerprint density at radius 1 is 1.67 bits per heavy atom. The fourth-order valence-electron chi connectivity index (χ4n) is 1.49. The third-order valence-corrected chi connectivity index (χ3v) is 2.22. The van der Waals surface area contributed by atoms with Gasteiger partial charge in [-0.15, -0.1) is 0 Å². The van der Waals surface area contributed by atoms with E-state index in [4.69, 9.17) is 10.9 Å². The molecule has 5 nitrogen and oxygen atoms in total. The van der Waals surface area contributed by atoms with Crippen molar-refractivity contribution in [3.8, 4) is 0 Å². The van der Waals surface area contributed by atoms with Gasteiger partial charge in [0.25, 0.3) is 0 Å². The van der Waals surface area contributed by atoms with E-state index in [1.54, 1.807) is 6.20 Å². The number of nitrogens with zero attached hydrogens (tertiary/aromatic N) is 3. The van der Waals surface area contributed by atoms with Gasteiger partial charge in [-0.1, -0.05) is 19.0 Å². The molecule has 5 heteroatoms. The highest BCUT2D eigenvalue weighted by Gasteiger charge is 2.06. The Hall–Kier alpha value is -1.52. The predicted octanol–water partition coefficient (Wildman–Crippen LogP) is 1.53. The summed E-state index contributed by atoms with van der Waals surface area (Å²) in [5.74, 6) is 1.78. The molecule has 1 heterocycles. The summed E-state index contributed by atoms with van der Waals surface area (Å²) in [6, 6.07) is 0. The number of amidine groups is 1. The summed E-state index contributed by atoms with van der Waals surface area (Å²) < 4.78 is 2.11. The number of rotatable bonds is 5. The topological polar surface area (TPSA) is 76.4 Å². The molecule has 0 aromatic carbocycles. The summed E-state index contributed by atoms with van der Waals surface area (Å²) in [4.78, 5) is 4.29. The van der Waals surface area contributed by atoms with E-state index in [9.17, 15) is 0 Å². The van der Waals surface area contributed by atoms with E-state index >= 15 is 0 Å². The molecule has 0 aliphatic rings. The van der Waals surface area contributed by atoms with Crippen LogP contribution in [0.25, 0.3) is 0 Å². The molecule has 0 aliphatic carbocycles. The van der Waals surface area contributed by atoms with Crippen LogP contribution in [-0.2, 0) is 6.54 Å². The molecule has 3 N–H and O–H groups in total. The average Bonchev–Trinajstić information content (AvgIpc) is 2.65. The van der Waals surface area contributed by atoms with E-state index < -0.39 is 0 Å². The number of hydrogen-bond acceptors (Lipinski definition) is 3. The second-order valence-corrected chi connectivity index (χ2v) is 3.83.